The van der Waals surface area contributed by atoms with Crippen LogP contribution in [0.25, 0.3) is 0 Å². The average Bonchev–Trinajstić information content (AvgIpc) is 3.12. The predicted octanol–water partition coefficient (Wildman–Crippen LogP) is 2.33. The van der Waals surface area contributed by atoms with Crippen LogP contribution in [-0.4, -0.2) is 35.6 Å². The minimum atomic E-state index is -3.43. The summed E-state index contributed by atoms with van der Waals surface area (Å²) in [5.41, 5.74) is 3.02. The Labute approximate surface area is 143 Å². The van der Waals surface area contributed by atoms with Crippen LogP contribution in [0.15, 0.2) is 41.6 Å². The molecule has 1 aliphatic carbocycles. The van der Waals surface area contributed by atoms with E-state index in [-0.39, 0.29) is 5.41 Å². The standard InChI is InChI=1S/C18H23N3O2S/c1-14-11-15-5-3-4-6-17(15)18(14)7-9-21(10-8-18)24(22,23)16-12-19-20(2)13-16/h3-6,12-14H,7-11H2,1-2H3. The Bertz CT molecular complexity index is 864. The maximum Gasteiger partial charge on any atom is 0.246 e. The molecule has 0 N–H and O–H groups in total. The first kappa shape index (κ1) is 15.8. The fourth-order valence-electron chi connectivity index (χ4n) is 4.54. The lowest BCUT2D eigenvalue weighted by molar-refractivity contribution is 0.184. The lowest BCUT2D eigenvalue weighted by Crippen LogP contribution is -2.46. The lowest BCUT2D eigenvalue weighted by Gasteiger charge is -2.42. The minimum absolute atomic E-state index is 0.136. The number of benzene rings is 1. The molecule has 6 heteroatoms. The van der Waals surface area contributed by atoms with Gasteiger partial charge in [-0.25, -0.2) is 8.42 Å². The number of aryl methyl sites for hydroxylation is 1. The summed E-state index contributed by atoms with van der Waals surface area (Å²) >= 11 is 0. The van der Waals surface area contributed by atoms with E-state index in [9.17, 15) is 8.42 Å². The molecule has 24 heavy (non-hydrogen) atoms. The highest BCUT2D eigenvalue weighted by atomic mass is 32.2. The Morgan fingerprint density at radius 1 is 1.21 bits per heavy atom. The Morgan fingerprint density at radius 3 is 2.58 bits per heavy atom. The molecule has 1 aliphatic heterocycles. The highest BCUT2D eigenvalue weighted by Crippen LogP contribution is 2.50. The molecule has 2 aromatic rings. The van der Waals surface area contributed by atoms with E-state index in [1.807, 2.05) is 0 Å². The van der Waals surface area contributed by atoms with Gasteiger partial charge in [-0.15, -0.1) is 0 Å². The van der Waals surface area contributed by atoms with Gasteiger partial charge in [0, 0.05) is 31.7 Å². The maximum absolute atomic E-state index is 12.8. The van der Waals surface area contributed by atoms with Crippen molar-refractivity contribution in [1.82, 2.24) is 14.1 Å². The van der Waals surface area contributed by atoms with E-state index in [1.54, 1.807) is 17.5 Å². The second-order valence-electron chi connectivity index (χ2n) is 7.17. The summed E-state index contributed by atoms with van der Waals surface area (Å²) in [4.78, 5) is 0.292. The molecule has 1 fully saturated rings. The zero-order chi connectivity index (χ0) is 16.9. The number of hydrogen-bond donors (Lipinski definition) is 0. The number of fused-ring (bicyclic) bond motifs is 2. The van der Waals surface area contributed by atoms with Gasteiger partial charge in [0.05, 0.1) is 6.20 Å². The average molecular weight is 345 g/mol. The molecule has 0 saturated carbocycles. The fraction of sp³-hybridized carbons (Fsp3) is 0.500. The predicted molar refractivity (Wildman–Crippen MR) is 92.2 cm³/mol. The third-order valence-electron chi connectivity index (χ3n) is 5.96. The van der Waals surface area contributed by atoms with Crippen molar-refractivity contribution >= 4 is 10.0 Å². The van der Waals surface area contributed by atoms with Crippen molar-refractivity contribution < 1.29 is 8.42 Å². The van der Waals surface area contributed by atoms with Gasteiger partial charge in [-0.1, -0.05) is 31.2 Å². The topological polar surface area (TPSA) is 55.2 Å². The maximum atomic E-state index is 12.8. The van der Waals surface area contributed by atoms with E-state index in [0.717, 1.165) is 19.3 Å². The number of aromatic nitrogens is 2. The van der Waals surface area contributed by atoms with E-state index in [4.69, 9.17) is 0 Å². The number of hydrogen-bond acceptors (Lipinski definition) is 3. The number of rotatable bonds is 2. The Hall–Kier alpha value is -1.66. The number of nitrogens with zero attached hydrogens (tertiary/aromatic N) is 3. The van der Waals surface area contributed by atoms with Crippen LogP contribution in [0.2, 0.25) is 0 Å². The molecular weight excluding hydrogens is 322 g/mol. The van der Waals surface area contributed by atoms with Crippen LogP contribution in [0, 0.1) is 5.92 Å². The number of piperidine rings is 1. The van der Waals surface area contributed by atoms with Crippen LogP contribution in [-0.2, 0) is 28.9 Å². The van der Waals surface area contributed by atoms with Gasteiger partial charge in [0.15, 0.2) is 0 Å². The van der Waals surface area contributed by atoms with Crippen LogP contribution in [0.1, 0.15) is 30.9 Å². The van der Waals surface area contributed by atoms with Gasteiger partial charge in [-0.3, -0.25) is 4.68 Å². The first-order chi connectivity index (χ1) is 11.4. The van der Waals surface area contributed by atoms with Gasteiger partial charge >= 0.3 is 0 Å². The molecule has 0 radical (unpaired) electrons. The van der Waals surface area contributed by atoms with E-state index < -0.39 is 10.0 Å². The van der Waals surface area contributed by atoms with Crippen LogP contribution in [0.5, 0.6) is 0 Å². The molecule has 4 rings (SSSR count). The molecule has 0 amide bonds. The fourth-order valence-corrected chi connectivity index (χ4v) is 5.97. The molecule has 2 aliphatic rings. The molecule has 0 bridgehead atoms. The normalized spacial score (nSPS) is 23.5. The summed E-state index contributed by atoms with van der Waals surface area (Å²) in [6.45, 7) is 3.47. The second kappa shape index (κ2) is 5.43. The van der Waals surface area contributed by atoms with Crippen molar-refractivity contribution in [2.24, 2.45) is 13.0 Å². The summed E-state index contributed by atoms with van der Waals surface area (Å²) in [7, 11) is -1.69. The van der Waals surface area contributed by atoms with Crippen molar-refractivity contribution in [3.63, 3.8) is 0 Å². The van der Waals surface area contributed by atoms with Gasteiger partial charge in [0.25, 0.3) is 0 Å². The van der Waals surface area contributed by atoms with Gasteiger partial charge in [0.2, 0.25) is 10.0 Å². The molecule has 2 heterocycles. The molecule has 1 spiro atoms. The first-order valence-electron chi connectivity index (χ1n) is 8.51. The zero-order valence-corrected chi connectivity index (χ0v) is 15.0. The third-order valence-corrected chi connectivity index (χ3v) is 7.81. The smallest absolute Gasteiger partial charge is 0.246 e. The van der Waals surface area contributed by atoms with E-state index in [2.05, 4.69) is 36.3 Å². The van der Waals surface area contributed by atoms with Crippen molar-refractivity contribution in [3.8, 4) is 0 Å². The molecular formula is C18H23N3O2S. The molecule has 1 atom stereocenters. The SMILES string of the molecule is CC1Cc2ccccc2C12CCN(S(=O)(=O)c1cnn(C)c1)CC2. The molecule has 128 valence electrons. The van der Waals surface area contributed by atoms with Crippen molar-refractivity contribution in [1.29, 1.82) is 0 Å². The molecule has 1 aromatic heterocycles. The van der Waals surface area contributed by atoms with E-state index in [1.165, 1.54) is 22.0 Å². The van der Waals surface area contributed by atoms with Gasteiger partial charge < -0.3 is 0 Å². The summed E-state index contributed by atoms with van der Waals surface area (Å²) in [5.74, 6) is 0.568. The van der Waals surface area contributed by atoms with Crippen LogP contribution in [0.3, 0.4) is 0 Å². The van der Waals surface area contributed by atoms with Gasteiger partial charge in [0.1, 0.15) is 4.90 Å². The van der Waals surface area contributed by atoms with Gasteiger partial charge in [-0.05, 0) is 36.3 Å². The summed E-state index contributed by atoms with van der Waals surface area (Å²) < 4.78 is 28.8. The Kier molecular flexibility index (Phi) is 3.58. The van der Waals surface area contributed by atoms with E-state index >= 15 is 0 Å². The molecule has 1 unspecified atom stereocenters. The first-order valence-corrected chi connectivity index (χ1v) is 9.95. The quantitative estimate of drug-likeness (QED) is 0.839. The monoisotopic (exact) mass is 345 g/mol. The summed E-state index contributed by atoms with van der Waals surface area (Å²) in [6, 6.07) is 8.67. The highest BCUT2D eigenvalue weighted by molar-refractivity contribution is 7.89. The second-order valence-corrected chi connectivity index (χ2v) is 9.11. The van der Waals surface area contributed by atoms with Crippen LogP contribution >= 0.6 is 0 Å². The summed E-state index contributed by atoms with van der Waals surface area (Å²) in [5, 5.41) is 4.00. The highest BCUT2D eigenvalue weighted by Gasteiger charge is 2.47. The van der Waals surface area contributed by atoms with E-state index in [0.29, 0.717) is 23.9 Å². The van der Waals surface area contributed by atoms with Gasteiger partial charge in [-0.2, -0.15) is 9.40 Å². The van der Waals surface area contributed by atoms with Crippen molar-refractivity contribution in [2.45, 2.75) is 36.5 Å². The Morgan fingerprint density at radius 2 is 1.92 bits per heavy atom. The molecule has 5 nitrogen and oxygen atoms in total. The van der Waals surface area contributed by atoms with Crippen molar-refractivity contribution in [2.75, 3.05) is 13.1 Å². The minimum Gasteiger partial charge on any atom is -0.274 e. The third kappa shape index (κ3) is 2.24. The number of sulfonamides is 1. The van der Waals surface area contributed by atoms with Crippen LogP contribution < -0.4 is 0 Å². The Balaban J connectivity index is 1.60. The molecule has 1 aromatic carbocycles. The van der Waals surface area contributed by atoms with Crippen LogP contribution in [0.4, 0.5) is 0 Å². The lowest BCUT2D eigenvalue weighted by atomic mass is 9.69. The van der Waals surface area contributed by atoms with Crippen molar-refractivity contribution in [3.05, 3.63) is 47.8 Å². The largest absolute Gasteiger partial charge is 0.274 e. The molecule has 1 saturated heterocycles. The summed E-state index contributed by atoms with van der Waals surface area (Å²) in [6.07, 6.45) is 5.90. The zero-order valence-electron chi connectivity index (χ0n) is 14.1.